The van der Waals surface area contributed by atoms with Gasteiger partial charge in [0.15, 0.2) is 0 Å². The van der Waals surface area contributed by atoms with E-state index < -0.39 is 0 Å². The van der Waals surface area contributed by atoms with Crippen LogP contribution >= 0.6 is 0 Å². The summed E-state index contributed by atoms with van der Waals surface area (Å²) in [5.74, 6) is 1.33. The molecule has 0 fully saturated rings. The lowest BCUT2D eigenvalue weighted by Crippen LogP contribution is -2.17. The third kappa shape index (κ3) is 1.57. The van der Waals surface area contributed by atoms with Crippen molar-refractivity contribution in [2.75, 3.05) is 6.54 Å². The number of nitrogens with two attached hydrogens (primary N) is 1. The molecule has 1 aliphatic rings. The molecule has 0 bridgehead atoms. The second kappa shape index (κ2) is 3.74. The predicted octanol–water partition coefficient (Wildman–Crippen LogP) is 2.62. The van der Waals surface area contributed by atoms with Crippen molar-refractivity contribution in [3.05, 3.63) is 34.9 Å². The fraction of sp³-hybridized carbons (Fsp3) is 0.538. The van der Waals surface area contributed by atoms with Gasteiger partial charge in [0.05, 0.1) is 0 Å². The average Bonchev–Trinajstić information content (AvgIpc) is 2.59. The van der Waals surface area contributed by atoms with Crippen LogP contribution in [0.2, 0.25) is 0 Å². The summed E-state index contributed by atoms with van der Waals surface area (Å²) < 4.78 is 0. The van der Waals surface area contributed by atoms with Gasteiger partial charge in [0, 0.05) is 0 Å². The van der Waals surface area contributed by atoms with E-state index in [4.69, 9.17) is 5.73 Å². The van der Waals surface area contributed by atoms with E-state index in [0.29, 0.717) is 11.8 Å². The van der Waals surface area contributed by atoms with Crippen molar-refractivity contribution in [1.29, 1.82) is 0 Å². The minimum Gasteiger partial charge on any atom is -0.330 e. The lowest BCUT2D eigenvalue weighted by atomic mass is 9.88. The number of hydrogen-bond donors (Lipinski definition) is 1. The molecule has 2 unspecified atom stereocenters. The quantitative estimate of drug-likeness (QED) is 0.760. The topological polar surface area (TPSA) is 26.0 Å². The Kier molecular flexibility index (Phi) is 2.60. The van der Waals surface area contributed by atoms with Gasteiger partial charge in [-0.2, -0.15) is 0 Å². The maximum Gasteiger partial charge on any atom is -0.00457 e. The van der Waals surface area contributed by atoms with Crippen molar-refractivity contribution < 1.29 is 0 Å². The molecule has 76 valence electrons. The maximum atomic E-state index is 5.75. The summed E-state index contributed by atoms with van der Waals surface area (Å²) in [7, 11) is 0. The zero-order chi connectivity index (χ0) is 10.1. The molecule has 14 heavy (non-hydrogen) atoms. The highest BCUT2D eigenvalue weighted by Crippen LogP contribution is 2.38. The first-order valence-electron chi connectivity index (χ1n) is 5.52. The van der Waals surface area contributed by atoms with E-state index in [-0.39, 0.29) is 0 Å². The van der Waals surface area contributed by atoms with Gasteiger partial charge in [-0.15, -0.1) is 0 Å². The molecule has 0 heterocycles. The van der Waals surface area contributed by atoms with E-state index in [1.807, 2.05) is 0 Å². The first kappa shape index (κ1) is 9.72. The van der Waals surface area contributed by atoms with Gasteiger partial charge in [-0.05, 0) is 49.3 Å². The molecular formula is C13H19N. The second-order valence-electron chi connectivity index (χ2n) is 4.56. The first-order valence-corrected chi connectivity index (χ1v) is 5.52. The summed E-state index contributed by atoms with van der Waals surface area (Å²) >= 11 is 0. The SMILES string of the molecule is Cc1ccc2c(c1)C(C(C)CN)CC2. The molecule has 0 radical (unpaired) electrons. The van der Waals surface area contributed by atoms with Crippen LogP contribution in [0.1, 0.15) is 36.0 Å². The summed E-state index contributed by atoms with van der Waals surface area (Å²) in [6, 6.07) is 6.85. The number of benzene rings is 1. The zero-order valence-electron chi connectivity index (χ0n) is 9.09. The van der Waals surface area contributed by atoms with E-state index in [2.05, 4.69) is 32.0 Å². The van der Waals surface area contributed by atoms with Crippen molar-refractivity contribution >= 4 is 0 Å². The number of rotatable bonds is 2. The van der Waals surface area contributed by atoms with Gasteiger partial charge >= 0.3 is 0 Å². The number of hydrogen-bond acceptors (Lipinski definition) is 1. The molecule has 0 saturated carbocycles. The lowest BCUT2D eigenvalue weighted by Gasteiger charge is -2.18. The summed E-state index contributed by atoms with van der Waals surface area (Å²) in [5.41, 5.74) is 10.2. The molecule has 1 nitrogen and oxygen atoms in total. The molecule has 0 spiro atoms. The minimum absolute atomic E-state index is 0.623. The van der Waals surface area contributed by atoms with Gasteiger partial charge in [0.2, 0.25) is 0 Å². The van der Waals surface area contributed by atoms with Crippen molar-refractivity contribution in [3.63, 3.8) is 0 Å². The summed E-state index contributed by atoms with van der Waals surface area (Å²) in [4.78, 5) is 0. The molecule has 2 rings (SSSR count). The molecule has 2 atom stereocenters. The van der Waals surface area contributed by atoms with Crippen LogP contribution in [-0.2, 0) is 6.42 Å². The molecule has 0 aromatic heterocycles. The van der Waals surface area contributed by atoms with Crippen LogP contribution < -0.4 is 5.73 Å². The molecule has 1 aromatic carbocycles. The van der Waals surface area contributed by atoms with Crippen LogP contribution in [0.3, 0.4) is 0 Å². The van der Waals surface area contributed by atoms with Crippen LogP contribution in [0, 0.1) is 12.8 Å². The second-order valence-corrected chi connectivity index (χ2v) is 4.56. The molecule has 1 aliphatic carbocycles. The smallest absolute Gasteiger partial charge is 0.00457 e. The van der Waals surface area contributed by atoms with Crippen molar-refractivity contribution in [1.82, 2.24) is 0 Å². The molecular weight excluding hydrogens is 170 g/mol. The maximum absolute atomic E-state index is 5.75. The van der Waals surface area contributed by atoms with E-state index in [9.17, 15) is 0 Å². The Balaban J connectivity index is 2.33. The Morgan fingerprint density at radius 2 is 2.29 bits per heavy atom. The third-order valence-electron chi connectivity index (χ3n) is 3.48. The molecule has 0 saturated heterocycles. The van der Waals surface area contributed by atoms with Gasteiger partial charge in [0.1, 0.15) is 0 Å². The van der Waals surface area contributed by atoms with Gasteiger partial charge in [-0.3, -0.25) is 0 Å². The Labute approximate surface area is 86.3 Å². The van der Waals surface area contributed by atoms with Crippen LogP contribution in [-0.4, -0.2) is 6.54 Å². The highest BCUT2D eigenvalue weighted by atomic mass is 14.6. The molecule has 1 heteroatoms. The Bertz CT molecular complexity index is 330. The predicted molar refractivity (Wildman–Crippen MR) is 60.5 cm³/mol. The van der Waals surface area contributed by atoms with Gasteiger partial charge in [0.25, 0.3) is 0 Å². The molecule has 0 amide bonds. The molecule has 0 aliphatic heterocycles. The van der Waals surface area contributed by atoms with Crippen LogP contribution in [0.5, 0.6) is 0 Å². The Morgan fingerprint density at radius 3 is 3.00 bits per heavy atom. The minimum atomic E-state index is 0.623. The van der Waals surface area contributed by atoms with Crippen LogP contribution in [0.25, 0.3) is 0 Å². The standard InChI is InChI=1S/C13H19N/c1-9-3-4-11-5-6-12(10(2)8-14)13(11)7-9/h3-4,7,10,12H,5-6,8,14H2,1-2H3. The Hall–Kier alpha value is -0.820. The monoisotopic (exact) mass is 189 g/mol. The highest BCUT2D eigenvalue weighted by Gasteiger charge is 2.26. The molecule has 2 N–H and O–H groups in total. The summed E-state index contributed by atoms with van der Waals surface area (Å²) in [5, 5.41) is 0. The summed E-state index contributed by atoms with van der Waals surface area (Å²) in [6.45, 7) is 5.24. The van der Waals surface area contributed by atoms with Gasteiger partial charge < -0.3 is 5.73 Å². The fourth-order valence-electron chi connectivity index (χ4n) is 2.51. The zero-order valence-corrected chi connectivity index (χ0v) is 9.09. The van der Waals surface area contributed by atoms with Crippen molar-refractivity contribution in [2.45, 2.75) is 32.6 Å². The normalized spacial score (nSPS) is 22.1. The van der Waals surface area contributed by atoms with Crippen LogP contribution in [0.15, 0.2) is 18.2 Å². The fourth-order valence-corrected chi connectivity index (χ4v) is 2.51. The third-order valence-corrected chi connectivity index (χ3v) is 3.48. The largest absolute Gasteiger partial charge is 0.330 e. The van der Waals surface area contributed by atoms with E-state index in [1.54, 1.807) is 11.1 Å². The van der Waals surface area contributed by atoms with E-state index in [0.717, 1.165) is 6.54 Å². The molecule has 1 aromatic rings. The van der Waals surface area contributed by atoms with E-state index >= 15 is 0 Å². The Morgan fingerprint density at radius 1 is 1.50 bits per heavy atom. The first-order chi connectivity index (χ1) is 6.72. The average molecular weight is 189 g/mol. The van der Waals surface area contributed by atoms with Crippen LogP contribution in [0.4, 0.5) is 0 Å². The number of aryl methyl sites for hydroxylation is 2. The van der Waals surface area contributed by atoms with Gasteiger partial charge in [-0.1, -0.05) is 30.7 Å². The van der Waals surface area contributed by atoms with Crippen molar-refractivity contribution in [3.8, 4) is 0 Å². The van der Waals surface area contributed by atoms with Gasteiger partial charge in [-0.25, -0.2) is 0 Å². The number of fused-ring (bicyclic) bond motifs is 1. The lowest BCUT2D eigenvalue weighted by molar-refractivity contribution is 0.466. The van der Waals surface area contributed by atoms with E-state index in [1.165, 1.54) is 18.4 Å². The highest BCUT2D eigenvalue weighted by molar-refractivity contribution is 5.38. The van der Waals surface area contributed by atoms with Crippen molar-refractivity contribution in [2.24, 2.45) is 11.7 Å². The summed E-state index contributed by atoms with van der Waals surface area (Å²) in [6.07, 6.45) is 2.53.